The summed E-state index contributed by atoms with van der Waals surface area (Å²) in [6.45, 7) is 1.62. The second-order valence-electron chi connectivity index (χ2n) is 7.02. The molecule has 3 aromatic rings. The molecule has 5 nitrogen and oxygen atoms in total. The molecule has 1 amide bonds. The fraction of sp³-hybridized carbons (Fsp3) is 0.261. The number of phenols is 1. The second-order valence-corrected chi connectivity index (χ2v) is 7.02. The first-order valence-electron chi connectivity index (χ1n) is 9.37. The van der Waals surface area contributed by atoms with E-state index >= 15 is 0 Å². The third-order valence-corrected chi connectivity index (χ3v) is 5.13. The summed E-state index contributed by atoms with van der Waals surface area (Å²) in [5.74, 6) is 1.06. The molecule has 0 spiro atoms. The number of carbonyl (C=O) groups excluding carboxylic acids is 1. The van der Waals surface area contributed by atoms with E-state index in [4.69, 9.17) is 9.47 Å². The van der Waals surface area contributed by atoms with E-state index in [-0.39, 0.29) is 24.2 Å². The van der Waals surface area contributed by atoms with Crippen LogP contribution in [0, 0.1) is 0 Å². The van der Waals surface area contributed by atoms with Crippen LogP contribution in [0.2, 0.25) is 0 Å². The molecule has 1 fully saturated rings. The minimum absolute atomic E-state index is 0.0458. The molecule has 0 aliphatic carbocycles. The van der Waals surface area contributed by atoms with Crippen molar-refractivity contribution in [3.05, 3.63) is 71.8 Å². The molecule has 5 heteroatoms. The predicted molar refractivity (Wildman–Crippen MR) is 108 cm³/mol. The molecule has 0 aromatic heterocycles. The number of amides is 1. The van der Waals surface area contributed by atoms with Crippen molar-refractivity contribution < 1.29 is 19.4 Å². The molecule has 4 rings (SSSR count). The van der Waals surface area contributed by atoms with E-state index in [9.17, 15) is 9.90 Å². The quantitative estimate of drug-likeness (QED) is 0.753. The van der Waals surface area contributed by atoms with Gasteiger partial charge in [-0.05, 0) is 52.2 Å². The number of hydrogen-bond donors (Lipinski definition) is 1. The predicted octanol–water partition coefficient (Wildman–Crippen LogP) is 3.70. The molecular weight excluding hydrogens is 354 g/mol. The molecule has 1 aliphatic rings. The van der Waals surface area contributed by atoms with Gasteiger partial charge in [-0.3, -0.25) is 4.79 Å². The molecule has 144 valence electrons. The lowest BCUT2D eigenvalue weighted by molar-refractivity contribution is -0.138. The van der Waals surface area contributed by atoms with E-state index < -0.39 is 0 Å². The average Bonchev–Trinajstić information content (AvgIpc) is 2.73. The van der Waals surface area contributed by atoms with Crippen molar-refractivity contribution in [3.8, 4) is 11.5 Å². The van der Waals surface area contributed by atoms with Gasteiger partial charge in [-0.15, -0.1) is 0 Å². The van der Waals surface area contributed by atoms with Crippen LogP contribution in [-0.2, 0) is 16.0 Å². The maximum Gasteiger partial charge on any atom is 0.227 e. The number of rotatable bonds is 4. The smallest absolute Gasteiger partial charge is 0.227 e. The Hall–Kier alpha value is -3.05. The number of morpholine rings is 1. The number of fused-ring (bicyclic) bond motifs is 1. The van der Waals surface area contributed by atoms with Gasteiger partial charge in [-0.25, -0.2) is 0 Å². The first-order chi connectivity index (χ1) is 13.6. The summed E-state index contributed by atoms with van der Waals surface area (Å²) in [5.41, 5.74) is 1.88. The van der Waals surface area contributed by atoms with Crippen LogP contribution in [0.25, 0.3) is 10.8 Å². The van der Waals surface area contributed by atoms with E-state index in [0.717, 1.165) is 27.6 Å². The Kier molecular flexibility index (Phi) is 5.17. The highest BCUT2D eigenvalue weighted by atomic mass is 16.5. The van der Waals surface area contributed by atoms with E-state index in [1.165, 1.54) is 0 Å². The highest BCUT2D eigenvalue weighted by Crippen LogP contribution is 2.28. The highest BCUT2D eigenvalue weighted by molar-refractivity contribution is 5.84. The Bertz CT molecular complexity index is 1000. The van der Waals surface area contributed by atoms with Gasteiger partial charge in [0.25, 0.3) is 0 Å². The molecule has 1 atom stereocenters. The minimum Gasteiger partial charge on any atom is -0.508 e. The van der Waals surface area contributed by atoms with Crippen LogP contribution in [0.5, 0.6) is 11.5 Å². The number of nitrogens with zero attached hydrogens (tertiary/aromatic N) is 1. The van der Waals surface area contributed by atoms with E-state index in [0.29, 0.717) is 19.7 Å². The van der Waals surface area contributed by atoms with Crippen LogP contribution >= 0.6 is 0 Å². The summed E-state index contributed by atoms with van der Waals surface area (Å²) in [5, 5.41) is 11.8. The molecule has 1 heterocycles. The first-order valence-corrected chi connectivity index (χ1v) is 9.37. The molecule has 0 radical (unpaired) electrons. The fourth-order valence-corrected chi connectivity index (χ4v) is 3.60. The average molecular weight is 377 g/mol. The Labute approximate surface area is 164 Å². The number of methoxy groups -OCH3 is 1. The van der Waals surface area contributed by atoms with Crippen molar-refractivity contribution in [1.29, 1.82) is 0 Å². The summed E-state index contributed by atoms with van der Waals surface area (Å²) in [7, 11) is 1.66. The molecule has 1 saturated heterocycles. The van der Waals surface area contributed by atoms with Gasteiger partial charge in [-0.2, -0.15) is 0 Å². The molecule has 1 unspecified atom stereocenters. The standard InChI is InChI=1S/C23H23NO4/c1-27-21-8-7-17-13-19(6-5-18(17)14-21)22-15-24(9-10-28-22)23(26)12-16-3-2-4-20(25)11-16/h2-8,11,13-14,22,25H,9-10,12,15H2,1H3. The van der Waals surface area contributed by atoms with Gasteiger partial charge in [0.2, 0.25) is 5.91 Å². The number of carbonyl (C=O) groups is 1. The maximum absolute atomic E-state index is 12.7. The van der Waals surface area contributed by atoms with Gasteiger partial charge in [0.15, 0.2) is 0 Å². The van der Waals surface area contributed by atoms with Gasteiger partial charge in [0.05, 0.1) is 26.7 Å². The van der Waals surface area contributed by atoms with Crippen LogP contribution in [-0.4, -0.2) is 42.7 Å². The van der Waals surface area contributed by atoms with Gasteiger partial charge in [0.1, 0.15) is 17.6 Å². The van der Waals surface area contributed by atoms with E-state index in [1.807, 2.05) is 29.2 Å². The largest absolute Gasteiger partial charge is 0.508 e. The monoisotopic (exact) mass is 377 g/mol. The van der Waals surface area contributed by atoms with Crippen LogP contribution in [0.15, 0.2) is 60.7 Å². The van der Waals surface area contributed by atoms with Crippen molar-refractivity contribution in [3.63, 3.8) is 0 Å². The van der Waals surface area contributed by atoms with Gasteiger partial charge < -0.3 is 19.5 Å². The number of phenolic OH excluding ortho intramolecular Hbond substituents is 1. The van der Waals surface area contributed by atoms with Gasteiger partial charge in [-0.1, -0.05) is 30.3 Å². The molecule has 0 bridgehead atoms. The number of ether oxygens (including phenoxy) is 2. The molecule has 1 N–H and O–H groups in total. The van der Waals surface area contributed by atoms with Crippen molar-refractivity contribution in [2.75, 3.05) is 26.8 Å². The Morgan fingerprint density at radius 1 is 1.14 bits per heavy atom. The zero-order valence-corrected chi connectivity index (χ0v) is 15.8. The number of aromatic hydroxyl groups is 1. The van der Waals surface area contributed by atoms with Crippen molar-refractivity contribution in [2.24, 2.45) is 0 Å². The second kappa shape index (κ2) is 7.90. The molecule has 28 heavy (non-hydrogen) atoms. The summed E-state index contributed by atoms with van der Waals surface area (Å²) in [4.78, 5) is 14.6. The Morgan fingerprint density at radius 2 is 1.96 bits per heavy atom. The van der Waals surface area contributed by atoms with Crippen LogP contribution in [0.4, 0.5) is 0 Å². The Morgan fingerprint density at radius 3 is 2.79 bits per heavy atom. The topological polar surface area (TPSA) is 59.0 Å². The molecule has 0 saturated carbocycles. The van der Waals surface area contributed by atoms with E-state index in [2.05, 4.69) is 18.2 Å². The summed E-state index contributed by atoms with van der Waals surface area (Å²) in [6.07, 6.45) is 0.131. The number of hydrogen-bond acceptors (Lipinski definition) is 4. The fourth-order valence-electron chi connectivity index (χ4n) is 3.60. The van der Waals surface area contributed by atoms with Gasteiger partial charge in [0, 0.05) is 6.54 Å². The van der Waals surface area contributed by atoms with Crippen molar-refractivity contribution in [2.45, 2.75) is 12.5 Å². The normalized spacial score (nSPS) is 16.9. The van der Waals surface area contributed by atoms with Crippen LogP contribution < -0.4 is 4.74 Å². The lowest BCUT2D eigenvalue weighted by Crippen LogP contribution is -2.42. The molecular formula is C23H23NO4. The molecule has 3 aromatic carbocycles. The highest BCUT2D eigenvalue weighted by Gasteiger charge is 2.25. The third-order valence-electron chi connectivity index (χ3n) is 5.13. The Balaban J connectivity index is 1.48. The third kappa shape index (κ3) is 3.94. The summed E-state index contributed by atoms with van der Waals surface area (Å²) in [6, 6.07) is 19.1. The van der Waals surface area contributed by atoms with E-state index in [1.54, 1.807) is 25.3 Å². The molecule has 1 aliphatic heterocycles. The zero-order valence-electron chi connectivity index (χ0n) is 15.8. The van der Waals surface area contributed by atoms with Gasteiger partial charge >= 0.3 is 0 Å². The lowest BCUT2D eigenvalue weighted by atomic mass is 10.0. The van der Waals surface area contributed by atoms with Crippen molar-refractivity contribution >= 4 is 16.7 Å². The lowest BCUT2D eigenvalue weighted by Gasteiger charge is -2.33. The number of benzene rings is 3. The summed E-state index contributed by atoms with van der Waals surface area (Å²) < 4.78 is 11.2. The zero-order chi connectivity index (χ0) is 19.5. The first kappa shape index (κ1) is 18.3. The SMILES string of the molecule is COc1ccc2cc(C3CN(C(=O)Cc4cccc(O)c4)CCO3)ccc2c1. The van der Waals surface area contributed by atoms with Crippen LogP contribution in [0.3, 0.4) is 0 Å². The van der Waals surface area contributed by atoms with Crippen LogP contribution in [0.1, 0.15) is 17.2 Å². The van der Waals surface area contributed by atoms with Crippen molar-refractivity contribution in [1.82, 2.24) is 4.90 Å². The summed E-state index contributed by atoms with van der Waals surface area (Å²) >= 11 is 0. The minimum atomic E-state index is -0.145. The maximum atomic E-state index is 12.7.